The zero-order valence-electron chi connectivity index (χ0n) is 7.98. The summed E-state index contributed by atoms with van der Waals surface area (Å²) in [5, 5.41) is 5.85. The van der Waals surface area contributed by atoms with Crippen molar-refractivity contribution >= 4 is 11.9 Å². The summed E-state index contributed by atoms with van der Waals surface area (Å²) in [6.45, 7) is 2.04. The molecule has 3 N–H and O–H groups in total. The van der Waals surface area contributed by atoms with Crippen molar-refractivity contribution in [1.29, 1.82) is 0 Å². The standard InChI is InChI=1S/C7H12N4O3/c1-4(3-13-2)14-6(12)5-9-7(8)11-10-5/h4H,3H2,1-2H3,(H3,8,9,10,11). The molecule has 0 saturated carbocycles. The van der Waals surface area contributed by atoms with Gasteiger partial charge in [0.05, 0.1) is 6.61 Å². The summed E-state index contributed by atoms with van der Waals surface area (Å²) in [5.41, 5.74) is 5.22. The molecule has 78 valence electrons. The molecule has 0 spiro atoms. The minimum absolute atomic E-state index is 0.00884. The molecule has 7 heteroatoms. The second-order valence-corrected chi connectivity index (χ2v) is 2.71. The fourth-order valence-electron chi connectivity index (χ4n) is 0.873. The van der Waals surface area contributed by atoms with E-state index in [0.717, 1.165) is 0 Å². The third-order valence-electron chi connectivity index (χ3n) is 1.41. The first-order chi connectivity index (χ1) is 6.63. The Morgan fingerprint density at radius 3 is 2.93 bits per heavy atom. The van der Waals surface area contributed by atoms with Crippen LogP contribution in [0.25, 0.3) is 0 Å². The molecule has 0 aromatic carbocycles. The van der Waals surface area contributed by atoms with E-state index in [4.69, 9.17) is 15.2 Å². The normalized spacial score (nSPS) is 12.4. The minimum atomic E-state index is -0.598. The molecular weight excluding hydrogens is 188 g/mol. The third kappa shape index (κ3) is 2.70. The van der Waals surface area contributed by atoms with Crippen LogP contribution in [-0.4, -0.2) is 41.0 Å². The van der Waals surface area contributed by atoms with Gasteiger partial charge in [-0.2, -0.15) is 4.98 Å². The number of nitrogens with one attached hydrogen (secondary N) is 1. The van der Waals surface area contributed by atoms with Crippen LogP contribution < -0.4 is 5.73 Å². The summed E-state index contributed by atoms with van der Waals surface area (Å²) in [6, 6.07) is 0. The van der Waals surface area contributed by atoms with Gasteiger partial charge in [0.15, 0.2) is 0 Å². The highest BCUT2D eigenvalue weighted by Crippen LogP contribution is 1.99. The fourth-order valence-corrected chi connectivity index (χ4v) is 0.873. The largest absolute Gasteiger partial charge is 0.454 e. The second kappa shape index (κ2) is 4.56. The predicted molar refractivity (Wildman–Crippen MR) is 47.5 cm³/mol. The number of aromatic amines is 1. The number of ether oxygens (including phenoxy) is 2. The Kier molecular flexibility index (Phi) is 3.41. The van der Waals surface area contributed by atoms with Gasteiger partial charge < -0.3 is 15.2 Å². The molecule has 1 atom stereocenters. The molecule has 1 aromatic rings. The summed E-state index contributed by atoms with van der Waals surface area (Å²) in [7, 11) is 1.52. The number of esters is 1. The number of nitrogens with two attached hydrogens (primary N) is 1. The van der Waals surface area contributed by atoms with Crippen LogP contribution in [0.3, 0.4) is 0 Å². The molecule has 0 radical (unpaired) electrons. The molecule has 0 fully saturated rings. The number of anilines is 1. The number of carbonyl (C=O) groups excluding carboxylic acids is 1. The second-order valence-electron chi connectivity index (χ2n) is 2.71. The minimum Gasteiger partial charge on any atom is -0.454 e. The summed E-state index contributed by atoms with van der Waals surface area (Å²) < 4.78 is 9.73. The van der Waals surface area contributed by atoms with Crippen molar-refractivity contribution in [2.24, 2.45) is 0 Å². The molecule has 7 nitrogen and oxygen atoms in total. The van der Waals surface area contributed by atoms with Crippen molar-refractivity contribution in [3.63, 3.8) is 0 Å². The third-order valence-corrected chi connectivity index (χ3v) is 1.41. The first-order valence-corrected chi connectivity index (χ1v) is 4.01. The lowest BCUT2D eigenvalue weighted by Gasteiger charge is -2.09. The van der Waals surface area contributed by atoms with Gasteiger partial charge in [-0.25, -0.2) is 4.79 Å². The van der Waals surface area contributed by atoms with Crippen molar-refractivity contribution in [1.82, 2.24) is 15.2 Å². The van der Waals surface area contributed by atoms with E-state index in [9.17, 15) is 4.79 Å². The monoisotopic (exact) mass is 200 g/mol. The van der Waals surface area contributed by atoms with Crippen molar-refractivity contribution < 1.29 is 14.3 Å². The lowest BCUT2D eigenvalue weighted by atomic mass is 10.4. The SMILES string of the molecule is COCC(C)OC(=O)c1nc(N)n[nH]1. The van der Waals surface area contributed by atoms with Crippen molar-refractivity contribution in [2.75, 3.05) is 19.5 Å². The summed E-state index contributed by atoms with van der Waals surface area (Å²) in [6.07, 6.45) is -0.334. The summed E-state index contributed by atoms with van der Waals surface area (Å²) in [4.78, 5) is 14.9. The number of nitrogen functional groups attached to an aromatic ring is 1. The van der Waals surface area contributed by atoms with E-state index < -0.39 is 5.97 Å². The molecule has 0 bridgehead atoms. The van der Waals surface area contributed by atoms with E-state index in [2.05, 4.69) is 15.2 Å². The highest BCUT2D eigenvalue weighted by atomic mass is 16.6. The van der Waals surface area contributed by atoms with Crippen LogP contribution in [0.15, 0.2) is 0 Å². The Bertz CT molecular complexity index is 312. The average molecular weight is 200 g/mol. The maximum Gasteiger partial charge on any atom is 0.376 e. The molecule has 0 aliphatic rings. The number of rotatable bonds is 4. The van der Waals surface area contributed by atoms with Gasteiger partial charge in [-0.15, -0.1) is 5.10 Å². The lowest BCUT2D eigenvalue weighted by Crippen LogP contribution is -2.20. The summed E-state index contributed by atoms with van der Waals surface area (Å²) >= 11 is 0. The highest BCUT2D eigenvalue weighted by molar-refractivity contribution is 5.85. The van der Waals surface area contributed by atoms with Gasteiger partial charge in [0, 0.05) is 7.11 Å². The predicted octanol–water partition coefficient (Wildman–Crippen LogP) is -0.421. The molecule has 1 aromatic heterocycles. The maximum absolute atomic E-state index is 11.3. The van der Waals surface area contributed by atoms with E-state index >= 15 is 0 Å². The van der Waals surface area contributed by atoms with Crippen LogP contribution in [0, 0.1) is 0 Å². The van der Waals surface area contributed by atoms with Gasteiger partial charge in [0.2, 0.25) is 11.8 Å². The Balaban J connectivity index is 2.50. The lowest BCUT2D eigenvalue weighted by molar-refractivity contribution is 0.0108. The topological polar surface area (TPSA) is 103 Å². The molecule has 0 aliphatic heterocycles. The van der Waals surface area contributed by atoms with Crippen LogP contribution in [0.4, 0.5) is 5.95 Å². The van der Waals surface area contributed by atoms with Gasteiger partial charge in [-0.3, -0.25) is 5.10 Å². The van der Waals surface area contributed by atoms with Crippen molar-refractivity contribution in [3.8, 4) is 0 Å². The van der Waals surface area contributed by atoms with Gasteiger partial charge in [0.1, 0.15) is 6.10 Å². The summed E-state index contributed by atoms with van der Waals surface area (Å²) in [5.74, 6) is -0.597. The highest BCUT2D eigenvalue weighted by Gasteiger charge is 2.15. The maximum atomic E-state index is 11.3. The van der Waals surface area contributed by atoms with E-state index in [1.165, 1.54) is 7.11 Å². The molecular formula is C7H12N4O3. The van der Waals surface area contributed by atoms with Crippen LogP contribution >= 0.6 is 0 Å². The number of hydrogen-bond donors (Lipinski definition) is 2. The van der Waals surface area contributed by atoms with E-state index in [1.807, 2.05) is 0 Å². The fraction of sp³-hybridized carbons (Fsp3) is 0.571. The quantitative estimate of drug-likeness (QED) is 0.640. The zero-order valence-corrected chi connectivity index (χ0v) is 7.98. The van der Waals surface area contributed by atoms with Gasteiger partial charge in [0.25, 0.3) is 0 Å². The molecule has 1 rings (SSSR count). The van der Waals surface area contributed by atoms with Crippen molar-refractivity contribution in [2.45, 2.75) is 13.0 Å². The van der Waals surface area contributed by atoms with Crippen LogP contribution in [0.1, 0.15) is 17.5 Å². The molecule has 1 heterocycles. The zero-order chi connectivity index (χ0) is 10.6. The molecule has 14 heavy (non-hydrogen) atoms. The number of hydrogen-bond acceptors (Lipinski definition) is 6. The number of aromatic nitrogens is 3. The van der Waals surface area contributed by atoms with Crippen LogP contribution in [0.5, 0.6) is 0 Å². The molecule has 0 amide bonds. The Morgan fingerprint density at radius 1 is 1.71 bits per heavy atom. The smallest absolute Gasteiger partial charge is 0.376 e. The van der Waals surface area contributed by atoms with Crippen LogP contribution in [0.2, 0.25) is 0 Å². The molecule has 0 saturated heterocycles. The molecule has 0 aliphatic carbocycles. The average Bonchev–Trinajstić information content (AvgIpc) is 2.52. The van der Waals surface area contributed by atoms with Gasteiger partial charge in [-0.05, 0) is 6.92 Å². The first kappa shape index (κ1) is 10.5. The number of nitrogens with zero attached hydrogens (tertiary/aromatic N) is 2. The van der Waals surface area contributed by atoms with E-state index in [-0.39, 0.29) is 17.9 Å². The number of carbonyl (C=O) groups is 1. The number of methoxy groups -OCH3 is 1. The Labute approximate surface area is 80.6 Å². The van der Waals surface area contributed by atoms with Crippen molar-refractivity contribution in [3.05, 3.63) is 5.82 Å². The van der Waals surface area contributed by atoms with Gasteiger partial charge >= 0.3 is 5.97 Å². The Hall–Kier alpha value is -1.63. The van der Waals surface area contributed by atoms with E-state index in [1.54, 1.807) is 6.92 Å². The Morgan fingerprint density at radius 2 is 2.43 bits per heavy atom. The number of H-pyrrole nitrogens is 1. The first-order valence-electron chi connectivity index (χ1n) is 4.01. The van der Waals surface area contributed by atoms with Crippen LogP contribution in [-0.2, 0) is 9.47 Å². The van der Waals surface area contributed by atoms with Gasteiger partial charge in [-0.1, -0.05) is 0 Å². The van der Waals surface area contributed by atoms with E-state index in [0.29, 0.717) is 6.61 Å². The molecule has 1 unspecified atom stereocenters.